The van der Waals surface area contributed by atoms with Crippen molar-refractivity contribution >= 4 is 15.9 Å². The Morgan fingerprint density at radius 2 is 1.81 bits per heavy atom. The SMILES string of the molecule is CC(C)CNCC(C)(Cc1c(F)ccc(Br)c1F)C(C)C. The normalized spacial score (nSPS) is 14.8. The Labute approximate surface area is 135 Å². The van der Waals surface area contributed by atoms with Crippen LogP contribution in [0, 0.1) is 28.9 Å². The highest BCUT2D eigenvalue weighted by Crippen LogP contribution is 2.34. The highest BCUT2D eigenvalue weighted by Gasteiger charge is 2.31. The van der Waals surface area contributed by atoms with Crippen LogP contribution >= 0.6 is 15.9 Å². The largest absolute Gasteiger partial charge is 0.316 e. The maximum absolute atomic E-state index is 14.2. The summed E-state index contributed by atoms with van der Waals surface area (Å²) >= 11 is 3.14. The summed E-state index contributed by atoms with van der Waals surface area (Å²) in [6.45, 7) is 12.2. The number of benzene rings is 1. The van der Waals surface area contributed by atoms with Gasteiger partial charge in [0, 0.05) is 12.1 Å². The van der Waals surface area contributed by atoms with Gasteiger partial charge < -0.3 is 5.32 Å². The molecule has 1 atom stereocenters. The van der Waals surface area contributed by atoms with Gasteiger partial charge >= 0.3 is 0 Å². The molecule has 0 aromatic heterocycles. The average Bonchev–Trinajstić information content (AvgIpc) is 2.38. The van der Waals surface area contributed by atoms with Gasteiger partial charge in [0.2, 0.25) is 0 Å². The Morgan fingerprint density at radius 1 is 1.19 bits per heavy atom. The number of rotatable bonds is 7. The zero-order valence-electron chi connectivity index (χ0n) is 13.6. The van der Waals surface area contributed by atoms with E-state index in [1.807, 2.05) is 0 Å². The minimum atomic E-state index is -0.481. The van der Waals surface area contributed by atoms with E-state index in [-0.39, 0.29) is 11.0 Å². The number of hydrogen-bond acceptors (Lipinski definition) is 1. The van der Waals surface area contributed by atoms with Crippen LogP contribution in [0.2, 0.25) is 0 Å². The first kappa shape index (κ1) is 18.6. The van der Waals surface area contributed by atoms with Gasteiger partial charge in [-0.2, -0.15) is 0 Å². The lowest BCUT2D eigenvalue weighted by Crippen LogP contribution is -2.39. The van der Waals surface area contributed by atoms with Crippen molar-refractivity contribution in [1.29, 1.82) is 0 Å². The van der Waals surface area contributed by atoms with E-state index in [1.165, 1.54) is 12.1 Å². The molecule has 0 fully saturated rings. The molecule has 0 amide bonds. The molecule has 0 bridgehead atoms. The molecule has 21 heavy (non-hydrogen) atoms. The van der Waals surface area contributed by atoms with E-state index in [4.69, 9.17) is 0 Å². The molecule has 0 radical (unpaired) electrons. The summed E-state index contributed by atoms with van der Waals surface area (Å²) < 4.78 is 28.5. The molecule has 0 spiro atoms. The van der Waals surface area contributed by atoms with Crippen LogP contribution in [0.5, 0.6) is 0 Å². The van der Waals surface area contributed by atoms with Crippen molar-refractivity contribution in [2.24, 2.45) is 17.3 Å². The predicted molar refractivity (Wildman–Crippen MR) is 88.4 cm³/mol. The zero-order chi connectivity index (χ0) is 16.2. The van der Waals surface area contributed by atoms with Gasteiger partial charge in [-0.25, -0.2) is 8.78 Å². The van der Waals surface area contributed by atoms with Crippen LogP contribution in [-0.2, 0) is 6.42 Å². The van der Waals surface area contributed by atoms with Gasteiger partial charge in [0.05, 0.1) is 4.47 Å². The van der Waals surface area contributed by atoms with E-state index in [9.17, 15) is 8.78 Å². The Kier molecular flexibility index (Phi) is 6.79. The van der Waals surface area contributed by atoms with Crippen LogP contribution in [0.25, 0.3) is 0 Å². The highest BCUT2D eigenvalue weighted by molar-refractivity contribution is 9.10. The van der Waals surface area contributed by atoms with Crippen molar-refractivity contribution in [3.05, 3.63) is 33.8 Å². The molecule has 1 unspecified atom stereocenters. The summed E-state index contributed by atoms with van der Waals surface area (Å²) in [6, 6.07) is 2.74. The van der Waals surface area contributed by atoms with E-state index in [0.29, 0.717) is 22.7 Å². The standard InChI is InChI=1S/C17H26BrF2N/c1-11(2)9-21-10-17(5,12(3)4)8-13-15(19)7-6-14(18)16(13)20/h6-7,11-12,21H,8-10H2,1-5H3. The molecule has 1 nitrogen and oxygen atoms in total. The van der Waals surface area contributed by atoms with Crippen molar-refractivity contribution in [3.8, 4) is 0 Å². The van der Waals surface area contributed by atoms with Gasteiger partial charge in [-0.3, -0.25) is 0 Å². The quantitative estimate of drug-likeness (QED) is 0.659. The Hall–Kier alpha value is -0.480. The molecule has 0 aliphatic carbocycles. The summed E-state index contributed by atoms with van der Waals surface area (Å²) in [6.07, 6.45) is 0.382. The third kappa shape index (κ3) is 5.03. The number of hydrogen-bond donors (Lipinski definition) is 1. The summed E-state index contributed by atoms with van der Waals surface area (Å²) in [5, 5.41) is 3.42. The van der Waals surface area contributed by atoms with E-state index in [0.717, 1.165) is 13.1 Å². The molecule has 0 aliphatic rings. The molecule has 0 aliphatic heterocycles. The summed E-state index contributed by atoms with van der Waals surface area (Å²) in [7, 11) is 0. The second kappa shape index (κ2) is 7.68. The Morgan fingerprint density at radius 3 is 2.33 bits per heavy atom. The summed E-state index contributed by atoms with van der Waals surface area (Å²) in [5.74, 6) is -0.0760. The molecule has 4 heteroatoms. The lowest BCUT2D eigenvalue weighted by atomic mass is 9.74. The van der Waals surface area contributed by atoms with Crippen molar-refractivity contribution in [3.63, 3.8) is 0 Å². The lowest BCUT2D eigenvalue weighted by molar-refractivity contribution is 0.200. The average molecular weight is 362 g/mol. The third-order valence-electron chi connectivity index (χ3n) is 4.19. The molecule has 1 aromatic rings. The zero-order valence-corrected chi connectivity index (χ0v) is 15.2. The van der Waals surface area contributed by atoms with Crippen molar-refractivity contribution < 1.29 is 8.78 Å². The molecule has 0 heterocycles. The molecular weight excluding hydrogens is 336 g/mol. The maximum atomic E-state index is 14.2. The summed E-state index contributed by atoms with van der Waals surface area (Å²) in [5.41, 5.74) is -0.0240. The van der Waals surface area contributed by atoms with E-state index in [2.05, 4.69) is 55.9 Å². The minimum absolute atomic E-state index is 0.173. The van der Waals surface area contributed by atoms with Gasteiger partial charge in [0.25, 0.3) is 0 Å². The first-order valence-electron chi connectivity index (χ1n) is 7.50. The molecule has 1 rings (SSSR count). The summed E-state index contributed by atoms with van der Waals surface area (Å²) in [4.78, 5) is 0. The first-order chi connectivity index (χ1) is 9.67. The number of nitrogens with one attached hydrogen (secondary N) is 1. The van der Waals surface area contributed by atoms with Crippen LogP contribution < -0.4 is 5.32 Å². The minimum Gasteiger partial charge on any atom is -0.316 e. The van der Waals surface area contributed by atoms with Crippen molar-refractivity contribution in [2.75, 3.05) is 13.1 Å². The second-order valence-electron chi connectivity index (χ2n) is 6.83. The predicted octanol–water partition coefficient (Wildman–Crippen LogP) is 5.18. The molecule has 0 saturated heterocycles. The second-order valence-corrected chi connectivity index (χ2v) is 7.69. The fourth-order valence-corrected chi connectivity index (χ4v) is 2.62. The highest BCUT2D eigenvalue weighted by atomic mass is 79.9. The molecule has 1 N–H and O–H groups in total. The van der Waals surface area contributed by atoms with Gasteiger partial charge in [-0.15, -0.1) is 0 Å². The number of halogens is 3. The van der Waals surface area contributed by atoms with Crippen LogP contribution in [0.4, 0.5) is 8.78 Å². The fourth-order valence-electron chi connectivity index (χ4n) is 2.25. The van der Waals surface area contributed by atoms with E-state index in [1.54, 1.807) is 0 Å². The smallest absolute Gasteiger partial charge is 0.143 e. The van der Waals surface area contributed by atoms with Crippen molar-refractivity contribution in [2.45, 2.75) is 41.0 Å². The van der Waals surface area contributed by atoms with Gasteiger partial charge in [0.15, 0.2) is 0 Å². The van der Waals surface area contributed by atoms with Crippen LogP contribution in [0.1, 0.15) is 40.2 Å². The molecule has 0 saturated carbocycles. The van der Waals surface area contributed by atoms with Gasteiger partial charge in [0.1, 0.15) is 11.6 Å². The monoisotopic (exact) mass is 361 g/mol. The van der Waals surface area contributed by atoms with Gasteiger partial charge in [-0.1, -0.05) is 34.6 Å². The van der Waals surface area contributed by atoms with Crippen LogP contribution in [0.3, 0.4) is 0 Å². The third-order valence-corrected chi connectivity index (χ3v) is 4.81. The maximum Gasteiger partial charge on any atom is 0.143 e. The lowest BCUT2D eigenvalue weighted by Gasteiger charge is -2.35. The van der Waals surface area contributed by atoms with Gasteiger partial charge in [-0.05, 0) is 58.3 Å². The van der Waals surface area contributed by atoms with Crippen LogP contribution in [0.15, 0.2) is 16.6 Å². The Bertz CT molecular complexity index is 474. The molecule has 1 aromatic carbocycles. The molecular formula is C17H26BrF2N. The van der Waals surface area contributed by atoms with E-state index < -0.39 is 11.6 Å². The fraction of sp³-hybridized carbons (Fsp3) is 0.647. The van der Waals surface area contributed by atoms with Crippen LogP contribution in [-0.4, -0.2) is 13.1 Å². The van der Waals surface area contributed by atoms with E-state index >= 15 is 0 Å². The Balaban J connectivity index is 2.95. The first-order valence-corrected chi connectivity index (χ1v) is 8.29. The topological polar surface area (TPSA) is 12.0 Å². The molecule has 120 valence electrons. The van der Waals surface area contributed by atoms with Crippen molar-refractivity contribution in [1.82, 2.24) is 5.32 Å².